The van der Waals surface area contributed by atoms with Gasteiger partial charge in [0.15, 0.2) is 5.13 Å². The second-order valence-electron chi connectivity index (χ2n) is 9.71. The normalized spacial score (nSPS) is 18.1. The Bertz CT molecular complexity index is 1520. The van der Waals surface area contributed by atoms with E-state index < -0.39 is 5.41 Å². The van der Waals surface area contributed by atoms with Crippen LogP contribution in [0.2, 0.25) is 0 Å². The predicted octanol–water partition coefficient (Wildman–Crippen LogP) is 5.72. The van der Waals surface area contributed by atoms with E-state index in [1.807, 2.05) is 73.0 Å². The van der Waals surface area contributed by atoms with Gasteiger partial charge in [0, 0.05) is 37.2 Å². The van der Waals surface area contributed by atoms with E-state index in [9.17, 15) is 14.9 Å². The topological polar surface area (TPSA) is 86.1 Å². The minimum atomic E-state index is -0.807. The Labute approximate surface area is 220 Å². The van der Waals surface area contributed by atoms with Gasteiger partial charge in [0.05, 0.1) is 17.0 Å². The van der Waals surface area contributed by atoms with Gasteiger partial charge in [-0.3, -0.25) is 9.59 Å². The van der Waals surface area contributed by atoms with Crippen LogP contribution in [0.4, 0.5) is 5.13 Å². The van der Waals surface area contributed by atoms with E-state index in [0.717, 1.165) is 27.8 Å². The summed E-state index contributed by atoms with van der Waals surface area (Å²) in [5, 5.41) is 15.0. The van der Waals surface area contributed by atoms with Gasteiger partial charge in [-0.2, -0.15) is 5.26 Å². The highest BCUT2D eigenvalue weighted by atomic mass is 32.1. The molecule has 2 amide bonds. The number of nitrogens with zero attached hydrogens (tertiary/aromatic N) is 3. The van der Waals surface area contributed by atoms with Crippen molar-refractivity contribution >= 4 is 28.3 Å². The summed E-state index contributed by atoms with van der Waals surface area (Å²) >= 11 is 1.38. The van der Waals surface area contributed by atoms with Crippen molar-refractivity contribution < 1.29 is 9.59 Å². The Hall–Kier alpha value is -4.28. The first-order valence-electron chi connectivity index (χ1n) is 12.0. The lowest BCUT2D eigenvalue weighted by Crippen LogP contribution is -2.37. The van der Waals surface area contributed by atoms with Crippen molar-refractivity contribution in [1.29, 1.82) is 5.26 Å². The van der Waals surface area contributed by atoms with E-state index in [-0.39, 0.29) is 17.7 Å². The number of fused-ring (bicyclic) bond motifs is 1. The van der Waals surface area contributed by atoms with Crippen molar-refractivity contribution in [2.45, 2.75) is 19.3 Å². The van der Waals surface area contributed by atoms with E-state index in [1.165, 1.54) is 11.3 Å². The highest BCUT2D eigenvalue weighted by Crippen LogP contribution is 2.53. The van der Waals surface area contributed by atoms with Crippen LogP contribution >= 0.6 is 11.3 Å². The summed E-state index contributed by atoms with van der Waals surface area (Å²) in [7, 11) is 3.46. The van der Waals surface area contributed by atoms with Crippen LogP contribution in [0.3, 0.4) is 0 Å². The van der Waals surface area contributed by atoms with Gasteiger partial charge >= 0.3 is 0 Å². The first-order chi connectivity index (χ1) is 17.8. The fourth-order valence-corrected chi connectivity index (χ4v) is 5.77. The number of carbonyl (C=O) groups excluding carboxylic acids is 2. The summed E-state index contributed by atoms with van der Waals surface area (Å²) in [4.78, 5) is 32.0. The van der Waals surface area contributed by atoms with Crippen LogP contribution in [0, 0.1) is 16.7 Å². The SMILES string of the molecule is CN(C)C(=O)c1ccc(-c2ccccc2[C@@H]2c3cc(C#N)ccc3C[C@@]2(C)C(=O)Nc2nccs2)cc1. The minimum Gasteiger partial charge on any atom is -0.345 e. The quantitative estimate of drug-likeness (QED) is 0.375. The number of rotatable bonds is 5. The highest BCUT2D eigenvalue weighted by Gasteiger charge is 2.49. The van der Waals surface area contributed by atoms with Gasteiger partial charge in [-0.15, -0.1) is 11.3 Å². The molecule has 1 aliphatic rings. The Kier molecular flexibility index (Phi) is 6.36. The largest absolute Gasteiger partial charge is 0.345 e. The summed E-state index contributed by atoms with van der Waals surface area (Å²) in [5.41, 5.74) is 5.36. The fraction of sp³-hybridized carbons (Fsp3) is 0.200. The first-order valence-corrected chi connectivity index (χ1v) is 12.8. The molecule has 0 radical (unpaired) electrons. The maximum Gasteiger partial charge on any atom is 0.253 e. The first kappa shape index (κ1) is 24.4. The van der Waals surface area contributed by atoms with Crippen molar-refractivity contribution in [3.05, 3.63) is 106 Å². The molecule has 0 unspecified atom stereocenters. The van der Waals surface area contributed by atoms with Gasteiger partial charge in [0.25, 0.3) is 5.91 Å². The molecule has 1 aliphatic carbocycles. The molecule has 6 nitrogen and oxygen atoms in total. The predicted molar refractivity (Wildman–Crippen MR) is 145 cm³/mol. The number of hydrogen-bond acceptors (Lipinski definition) is 5. The van der Waals surface area contributed by atoms with E-state index in [2.05, 4.69) is 22.4 Å². The van der Waals surface area contributed by atoms with Crippen molar-refractivity contribution in [3.63, 3.8) is 0 Å². The molecule has 0 spiro atoms. The fourth-order valence-electron chi connectivity index (χ4n) is 5.24. The number of amides is 2. The van der Waals surface area contributed by atoms with Gasteiger partial charge < -0.3 is 10.2 Å². The molecule has 5 rings (SSSR count). The Balaban J connectivity index is 1.63. The highest BCUT2D eigenvalue weighted by molar-refractivity contribution is 7.13. The maximum absolute atomic E-state index is 13.8. The molecule has 0 saturated carbocycles. The van der Waals surface area contributed by atoms with E-state index in [1.54, 1.807) is 25.2 Å². The lowest BCUT2D eigenvalue weighted by molar-refractivity contribution is -0.125. The van der Waals surface area contributed by atoms with Crippen LogP contribution in [0.1, 0.15) is 45.5 Å². The Morgan fingerprint density at radius 3 is 2.51 bits per heavy atom. The summed E-state index contributed by atoms with van der Waals surface area (Å²) < 4.78 is 0. The Morgan fingerprint density at radius 2 is 1.84 bits per heavy atom. The van der Waals surface area contributed by atoms with Crippen molar-refractivity contribution in [2.24, 2.45) is 5.41 Å². The average molecular weight is 507 g/mol. The summed E-state index contributed by atoms with van der Waals surface area (Å²) in [6.45, 7) is 1.99. The Morgan fingerprint density at radius 1 is 1.08 bits per heavy atom. The molecule has 3 aromatic carbocycles. The smallest absolute Gasteiger partial charge is 0.253 e. The standard InChI is InChI=1S/C30H26N4O2S/c1-30(28(36)33-29-32-14-15-37-29)17-22-9-8-19(18-31)16-25(22)26(30)24-7-5-4-6-23(24)20-10-12-21(13-11-20)27(35)34(2)3/h4-16,26H,17H2,1-3H3,(H,32,33,36)/t26-,30-/m1/s1. The van der Waals surface area contributed by atoms with Crippen molar-refractivity contribution in [1.82, 2.24) is 9.88 Å². The molecule has 184 valence electrons. The zero-order valence-corrected chi connectivity index (χ0v) is 21.7. The lowest BCUT2D eigenvalue weighted by Gasteiger charge is -2.32. The van der Waals surface area contributed by atoms with Gasteiger partial charge in [0.1, 0.15) is 0 Å². The number of carbonyl (C=O) groups is 2. The number of nitriles is 1. The van der Waals surface area contributed by atoms with Gasteiger partial charge in [-0.05, 0) is 65.4 Å². The summed E-state index contributed by atoms with van der Waals surface area (Å²) in [6.07, 6.45) is 2.21. The molecule has 1 aromatic heterocycles. The number of nitrogens with one attached hydrogen (secondary N) is 1. The number of hydrogen-bond donors (Lipinski definition) is 1. The van der Waals surface area contributed by atoms with Gasteiger partial charge in [-0.1, -0.05) is 42.5 Å². The van der Waals surface area contributed by atoms with E-state index in [0.29, 0.717) is 22.7 Å². The summed E-state index contributed by atoms with van der Waals surface area (Å²) in [5.74, 6) is -0.445. The third-order valence-electron chi connectivity index (χ3n) is 7.07. The molecule has 2 atom stereocenters. The van der Waals surface area contributed by atoms with Crippen LogP contribution in [-0.4, -0.2) is 35.8 Å². The number of thiazole rings is 1. The zero-order valence-electron chi connectivity index (χ0n) is 20.9. The average Bonchev–Trinajstić information content (AvgIpc) is 3.53. The van der Waals surface area contributed by atoms with Crippen LogP contribution in [-0.2, 0) is 11.2 Å². The van der Waals surface area contributed by atoms with Crippen LogP contribution < -0.4 is 5.32 Å². The van der Waals surface area contributed by atoms with Gasteiger partial charge in [0.2, 0.25) is 5.91 Å². The van der Waals surface area contributed by atoms with Crippen molar-refractivity contribution in [2.75, 3.05) is 19.4 Å². The molecule has 7 heteroatoms. The van der Waals surface area contributed by atoms with Crippen LogP contribution in [0.5, 0.6) is 0 Å². The molecule has 0 aliphatic heterocycles. The lowest BCUT2D eigenvalue weighted by atomic mass is 9.71. The minimum absolute atomic E-state index is 0.0555. The molecule has 0 saturated heterocycles. The summed E-state index contributed by atoms with van der Waals surface area (Å²) in [6, 6.07) is 23.6. The van der Waals surface area contributed by atoms with Gasteiger partial charge in [-0.25, -0.2) is 4.98 Å². The maximum atomic E-state index is 13.8. The second kappa shape index (κ2) is 9.64. The molecular weight excluding hydrogens is 480 g/mol. The molecule has 1 heterocycles. The third kappa shape index (κ3) is 4.41. The molecule has 37 heavy (non-hydrogen) atoms. The zero-order chi connectivity index (χ0) is 26.2. The molecule has 1 N–H and O–H groups in total. The molecule has 0 fully saturated rings. The monoisotopic (exact) mass is 506 g/mol. The van der Waals surface area contributed by atoms with Crippen LogP contribution in [0.25, 0.3) is 11.1 Å². The van der Waals surface area contributed by atoms with E-state index >= 15 is 0 Å². The van der Waals surface area contributed by atoms with Crippen LogP contribution in [0.15, 0.2) is 78.3 Å². The number of aromatic nitrogens is 1. The number of benzene rings is 3. The van der Waals surface area contributed by atoms with Crippen molar-refractivity contribution in [3.8, 4) is 17.2 Å². The third-order valence-corrected chi connectivity index (χ3v) is 7.76. The molecule has 4 aromatic rings. The second-order valence-corrected chi connectivity index (χ2v) is 10.6. The van der Waals surface area contributed by atoms with E-state index in [4.69, 9.17) is 0 Å². The molecule has 0 bridgehead atoms. The molecular formula is C30H26N4O2S. The number of anilines is 1.